The molecule has 2 rings (SSSR count). The first-order valence-corrected chi connectivity index (χ1v) is 7.54. The summed E-state index contributed by atoms with van der Waals surface area (Å²) < 4.78 is 0. The van der Waals surface area contributed by atoms with Gasteiger partial charge in [-0.3, -0.25) is 14.9 Å². The third-order valence-electron chi connectivity index (χ3n) is 3.80. The Morgan fingerprint density at radius 2 is 2.09 bits per heavy atom. The third-order valence-corrected chi connectivity index (χ3v) is 3.80. The van der Waals surface area contributed by atoms with Gasteiger partial charge < -0.3 is 15.5 Å². The molecular formula is C15H23ClN4O3. The standard InChI is InChI=1S/C15H22N4O3.ClH/c1-12-11-13(3-4-14(12)19(21)22)15(20)17-5-2-8-18-9-6-16-7-10-18;/h3-4,11,16H,2,5-10H2,1H3,(H,17,20);1H. The quantitative estimate of drug-likeness (QED) is 0.463. The van der Waals surface area contributed by atoms with Gasteiger partial charge in [-0.05, 0) is 32.0 Å². The molecule has 1 aromatic rings. The van der Waals surface area contributed by atoms with Crippen LogP contribution in [0, 0.1) is 17.0 Å². The van der Waals surface area contributed by atoms with Gasteiger partial charge >= 0.3 is 0 Å². The Balaban J connectivity index is 0.00000264. The summed E-state index contributed by atoms with van der Waals surface area (Å²) in [4.78, 5) is 24.7. The van der Waals surface area contributed by atoms with Crippen LogP contribution in [0.5, 0.6) is 0 Å². The van der Waals surface area contributed by atoms with Gasteiger partial charge in [-0.1, -0.05) is 0 Å². The zero-order chi connectivity index (χ0) is 15.9. The van der Waals surface area contributed by atoms with Gasteiger partial charge in [0.1, 0.15) is 0 Å². The lowest BCUT2D eigenvalue weighted by Crippen LogP contribution is -2.44. The van der Waals surface area contributed by atoms with E-state index in [1.165, 1.54) is 12.1 Å². The highest BCUT2D eigenvalue weighted by atomic mass is 35.5. The molecule has 0 saturated carbocycles. The zero-order valence-electron chi connectivity index (χ0n) is 13.2. The SMILES string of the molecule is Cc1cc(C(=O)NCCCN2CCNCC2)ccc1[N+](=O)[O-].Cl. The van der Waals surface area contributed by atoms with Gasteiger partial charge in [0.15, 0.2) is 0 Å². The van der Waals surface area contributed by atoms with Crippen molar-refractivity contribution in [1.82, 2.24) is 15.5 Å². The fraction of sp³-hybridized carbons (Fsp3) is 0.533. The number of rotatable bonds is 6. The van der Waals surface area contributed by atoms with Crippen LogP contribution in [-0.4, -0.2) is 55.0 Å². The molecule has 23 heavy (non-hydrogen) atoms. The summed E-state index contributed by atoms with van der Waals surface area (Å²) in [7, 11) is 0. The van der Waals surface area contributed by atoms with Gasteiger partial charge in [-0.25, -0.2) is 0 Å². The molecule has 1 heterocycles. The number of nitrogens with one attached hydrogen (secondary N) is 2. The van der Waals surface area contributed by atoms with Crippen molar-refractivity contribution in [3.8, 4) is 0 Å². The fourth-order valence-electron chi connectivity index (χ4n) is 2.54. The van der Waals surface area contributed by atoms with Crippen molar-refractivity contribution in [1.29, 1.82) is 0 Å². The number of hydrogen-bond acceptors (Lipinski definition) is 5. The molecular weight excluding hydrogens is 320 g/mol. The molecule has 0 aromatic heterocycles. The van der Waals surface area contributed by atoms with Gasteiger partial charge in [-0.15, -0.1) is 12.4 Å². The number of carbonyl (C=O) groups excluding carboxylic acids is 1. The van der Waals surface area contributed by atoms with Crippen molar-refractivity contribution >= 4 is 24.0 Å². The molecule has 0 radical (unpaired) electrons. The molecule has 1 aromatic carbocycles. The predicted molar refractivity (Wildman–Crippen MR) is 91.3 cm³/mol. The molecule has 0 aliphatic carbocycles. The Kier molecular flexibility index (Phi) is 7.94. The smallest absolute Gasteiger partial charge is 0.272 e. The maximum Gasteiger partial charge on any atom is 0.272 e. The summed E-state index contributed by atoms with van der Waals surface area (Å²) in [6.07, 6.45) is 0.900. The molecule has 1 saturated heterocycles. The second kappa shape index (κ2) is 9.44. The number of hydrogen-bond donors (Lipinski definition) is 2. The molecule has 1 fully saturated rings. The molecule has 1 aliphatic rings. The van der Waals surface area contributed by atoms with Crippen molar-refractivity contribution in [2.45, 2.75) is 13.3 Å². The average molecular weight is 343 g/mol. The van der Waals surface area contributed by atoms with E-state index in [9.17, 15) is 14.9 Å². The lowest BCUT2D eigenvalue weighted by atomic mass is 10.1. The lowest BCUT2D eigenvalue weighted by molar-refractivity contribution is -0.385. The number of aryl methyl sites for hydroxylation is 1. The number of amides is 1. The summed E-state index contributed by atoms with van der Waals surface area (Å²) in [5, 5.41) is 16.9. The average Bonchev–Trinajstić information content (AvgIpc) is 2.52. The second-order valence-electron chi connectivity index (χ2n) is 5.46. The van der Waals surface area contributed by atoms with E-state index in [-0.39, 0.29) is 24.0 Å². The van der Waals surface area contributed by atoms with Gasteiger partial charge in [0.2, 0.25) is 0 Å². The van der Waals surface area contributed by atoms with Crippen LogP contribution in [0.2, 0.25) is 0 Å². The molecule has 0 bridgehead atoms. The third kappa shape index (κ3) is 5.78. The highest BCUT2D eigenvalue weighted by Crippen LogP contribution is 2.18. The van der Waals surface area contributed by atoms with E-state index in [2.05, 4.69) is 15.5 Å². The van der Waals surface area contributed by atoms with E-state index in [4.69, 9.17) is 0 Å². The summed E-state index contributed by atoms with van der Waals surface area (Å²) in [5.74, 6) is -0.182. The number of piperazine rings is 1. The first-order chi connectivity index (χ1) is 10.6. The molecule has 0 atom stereocenters. The van der Waals surface area contributed by atoms with Crippen LogP contribution in [0.25, 0.3) is 0 Å². The van der Waals surface area contributed by atoms with Crippen LogP contribution in [0.3, 0.4) is 0 Å². The van der Waals surface area contributed by atoms with Crippen LogP contribution >= 0.6 is 12.4 Å². The monoisotopic (exact) mass is 342 g/mol. The van der Waals surface area contributed by atoms with Crippen molar-refractivity contribution in [2.24, 2.45) is 0 Å². The fourth-order valence-corrected chi connectivity index (χ4v) is 2.54. The van der Waals surface area contributed by atoms with Gasteiger partial charge in [-0.2, -0.15) is 0 Å². The van der Waals surface area contributed by atoms with E-state index in [1.54, 1.807) is 13.0 Å². The number of halogens is 1. The Morgan fingerprint density at radius 3 is 2.70 bits per heavy atom. The van der Waals surface area contributed by atoms with Crippen LogP contribution in [-0.2, 0) is 0 Å². The largest absolute Gasteiger partial charge is 0.352 e. The van der Waals surface area contributed by atoms with Crippen molar-refractivity contribution in [2.75, 3.05) is 39.3 Å². The number of carbonyl (C=O) groups is 1. The molecule has 1 amide bonds. The first-order valence-electron chi connectivity index (χ1n) is 7.54. The first kappa shape index (κ1) is 19.3. The summed E-state index contributed by atoms with van der Waals surface area (Å²) >= 11 is 0. The van der Waals surface area contributed by atoms with Crippen molar-refractivity contribution in [3.05, 3.63) is 39.4 Å². The molecule has 7 nitrogen and oxygen atoms in total. The molecule has 128 valence electrons. The van der Waals surface area contributed by atoms with Crippen LogP contribution in [0.4, 0.5) is 5.69 Å². The number of benzene rings is 1. The summed E-state index contributed by atoms with van der Waals surface area (Å²) in [5.41, 5.74) is 0.999. The highest BCUT2D eigenvalue weighted by molar-refractivity contribution is 5.94. The minimum absolute atomic E-state index is 0. The Bertz CT molecular complexity index is 548. The minimum atomic E-state index is -0.440. The van der Waals surface area contributed by atoms with Crippen LogP contribution in [0.15, 0.2) is 18.2 Å². The van der Waals surface area contributed by atoms with Gasteiger partial charge in [0.05, 0.1) is 4.92 Å². The normalized spacial score (nSPS) is 14.8. The van der Waals surface area contributed by atoms with Crippen LogP contribution < -0.4 is 10.6 Å². The number of nitrogens with zero attached hydrogens (tertiary/aromatic N) is 2. The van der Waals surface area contributed by atoms with Crippen molar-refractivity contribution < 1.29 is 9.72 Å². The predicted octanol–water partition coefficient (Wildman–Crippen LogP) is 1.35. The van der Waals surface area contributed by atoms with Gasteiger partial charge in [0.25, 0.3) is 11.6 Å². The maximum absolute atomic E-state index is 12.0. The van der Waals surface area contributed by atoms with E-state index in [0.29, 0.717) is 17.7 Å². The summed E-state index contributed by atoms with van der Waals surface area (Å²) in [6.45, 7) is 7.37. The molecule has 1 aliphatic heterocycles. The van der Waals surface area contributed by atoms with E-state index in [1.807, 2.05) is 0 Å². The highest BCUT2D eigenvalue weighted by Gasteiger charge is 2.14. The summed E-state index contributed by atoms with van der Waals surface area (Å²) in [6, 6.07) is 4.44. The Hall–Kier alpha value is -1.70. The lowest BCUT2D eigenvalue weighted by Gasteiger charge is -2.27. The maximum atomic E-state index is 12.0. The van der Waals surface area contributed by atoms with E-state index < -0.39 is 4.92 Å². The number of nitro groups is 1. The van der Waals surface area contributed by atoms with Gasteiger partial charge in [0, 0.05) is 49.9 Å². The molecule has 2 N–H and O–H groups in total. The molecule has 8 heteroatoms. The van der Waals surface area contributed by atoms with E-state index >= 15 is 0 Å². The minimum Gasteiger partial charge on any atom is -0.352 e. The zero-order valence-corrected chi connectivity index (χ0v) is 14.0. The Labute approximate surface area is 142 Å². The van der Waals surface area contributed by atoms with E-state index in [0.717, 1.165) is 39.1 Å². The second-order valence-corrected chi connectivity index (χ2v) is 5.46. The van der Waals surface area contributed by atoms with Crippen molar-refractivity contribution in [3.63, 3.8) is 0 Å². The molecule has 0 unspecified atom stereocenters. The van der Waals surface area contributed by atoms with Crippen LogP contribution in [0.1, 0.15) is 22.3 Å². The molecule has 0 spiro atoms. The topological polar surface area (TPSA) is 87.5 Å². The Morgan fingerprint density at radius 1 is 1.39 bits per heavy atom. The number of nitro benzene ring substituents is 1.